The van der Waals surface area contributed by atoms with E-state index in [4.69, 9.17) is 14.3 Å². The first-order valence-corrected chi connectivity index (χ1v) is 10.2. The number of likely N-dealkylation sites (tertiary alicyclic amines) is 1. The fraction of sp³-hybridized carbons (Fsp3) is 0.478. The third-order valence-electron chi connectivity index (χ3n) is 6.48. The van der Waals surface area contributed by atoms with Gasteiger partial charge < -0.3 is 19.2 Å². The summed E-state index contributed by atoms with van der Waals surface area (Å²) >= 11 is 0. The van der Waals surface area contributed by atoms with Gasteiger partial charge in [0.05, 0.1) is 19.9 Å². The van der Waals surface area contributed by atoms with Gasteiger partial charge in [-0.25, -0.2) is 0 Å². The quantitative estimate of drug-likeness (QED) is 0.697. The number of pyridine rings is 1. The topological polar surface area (TPSA) is 56.2 Å². The van der Waals surface area contributed by atoms with Crippen LogP contribution in [0.25, 0.3) is 0 Å². The van der Waals surface area contributed by atoms with Gasteiger partial charge in [-0.3, -0.25) is 4.98 Å². The van der Waals surface area contributed by atoms with Crippen molar-refractivity contribution in [3.8, 4) is 11.5 Å². The van der Waals surface area contributed by atoms with E-state index < -0.39 is 0 Å². The van der Waals surface area contributed by atoms with Gasteiger partial charge in [-0.2, -0.15) is 0 Å². The van der Waals surface area contributed by atoms with Crippen molar-refractivity contribution in [1.82, 2.24) is 9.88 Å². The lowest BCUT2D eigenvalue weighted by atomic mass is 9.65. The van der Waals surface area contributed by atoms with E-state index >= 15 is 0 Å². The minimum Gasteiger partial charge on any atom is -0.493 e. The molecule has 2 atom stereocenters. The molecule has 0 bridgehead atoms. The van der Waals surface area contributed by atoms with Crippen molar-refractivity contribution in [3.63, 3.8) is 0 Å². The molecule has 0 radical (unpaired) electrons. The molecular formula is C23H29N3O3. The Hall–Kier alpha value is -2.60. The normalized spacial score (nSPS) is 25.6. The average molecular weight is 396 g/mol. The molecule has 2 fully saturated rings. The molecule has 2 unspecified atom stereocenters. The zero-order valence-electron chi connectivity index (χ0n) is 17.4. The molecule has 0 N–H and O–H groups in total. The molecule has 2 aromatic rings. The second-order valence-corrected chi connectivity index (χ2v) is 7.97. The number of oxime groups is 1. The van der Waals surface area contributed by atoms with Crippen molar-refractivity contribution in [2.24, 2.45) is 5.16 Å². The summed E-state index contributed by atoms with van der Waals surface area (Å²) < 4.78 is 11.0. The number of fused-ring (bicyclic) bond motifs is 1. The van der Waals surface area contributed by atoms with Crippen molar-refractivity contribution in [2.45, 2.75) is 43.7 Å². The predicted molar refractivity (Wildman–Crippen MR) is 113 cm³/mol. The largest absolute Gasteiger partial charge is 0.493 e. The highest BCUT2D eigenvalue weighted by molar-refractivity contribution is 5.86. The Morgan fingerprint density at radius 2 is 2.03 bits per heavy atom. The lowest BCUT2D eigenvalue weighted by Gasteiger charge is -2.42. The van der Waals surface area contributed by atoms with Crippen LogP contribution in [-0.2, 0) is 16.9 Å². The predicted octanol–water partition coefficient (Wildman–Crippen LogP) is 3.80. The summed E-state index contributed by atoms with van der Waals surface area (Å²) in [6.45, 7) is 1.54. The molecule has 154 valence electrons. The monoisotopic (exact) mass is 395 g/mol. The standard InChI is InChI=1S/C23H29N3O3/c1-26-12-10-23(18-6-7-20(27-2)21(13-18)28-3)9-8-19(14-22(23)26)25-29-16-17-5-4-11-24-15-17/h4-7,11,13,15,22H,8-10,12,14,16H2,1-3H3. The molecule has 0 amide bonds. The summed E-state index contributed by atoms with van der Waals surface area (Å²) in [6.07, 6.45) is 7.66. The van der Waals surface area contributed by atoms with Crippen LogP contribution >= 0.6 is 0 Å². The van der Waals surface area contributed by atoms with Crippen LogP contribution in [0.1, 0.15) is 36.8 Å². The zero-order valence-corrected chi connectivity index (χ0v) is 17.4. The van der Waals surface area contributed by atoms with E-state index in [1.54, 1.807) is 20.4 Å². The molecule has 1 saturated heterocycles. The molecule has 1 aromatic carbocycles. The number of hydrogen-bond acceptors (Lipinski definition) is 6. The van der Waals surface area contributed by atoms with Gasteiger partial charge in [-0.15, -0.1) is 0 Å². The van der Waals surface area contributed by atoms with Gasteiger partial charge in [-0.05, 0) is 56.6 Å². The third-order valence-corrected chi connectivity index (χ3v) is 6.48. The molecule has 1 saturated carbocycles. The Bertz CT molecular complexity index is 871. The lowest BCUT2D eigenvalue weighted by molar-refractivity contribution is 0.125. The smallest absolute Gasteiger partial charge is 0.161 e. The van der Waals surface area contributed by atoms with Gasteiger partial charge in [0.15, 0.2) is 11.5 Å². The van der Waals surface area contributed by atoms with Crippen LogP contribution in [-0.4, -0.2) is 49.4 Å². The number of nitrogens with zero attached hydrogens (tertiary/aromatic N) is 3. The summed E-state index contributed by atoms with van der Waals surface area (Å²) in [4.78, 5) is 12.2. The maximum atomic E-state index is 5.64. The summed E-state index contributed by atoms with van der Waals surface area (Å²) in [5, 5.41) is 4.48. The Morgan fingerprint density at radius 1 is 1.17 bits per heavy atom. The maximum absolute atomic E-state index is 5.64. The van der Waals surface area contributed by atoms with E-state index in [-0.39, 0.29) is 5.41 Å². The Morgan fingerprint density at radius 3 is 2.79 bits per heavy atom. The van der Waals surface area contributed by atoms with Gasteiger partial charge in [0.25, 0.3) is 0 Å². The van der Waals surface area contributed by atoms with Crippen LogP contribution in [0.5, 0.6) is 11.5 Å². The number of benzene rings is 1. The van der Waals surface area contributed by atoms with Crippen LogP contribution in [0, 0.1) is 0 Å². The summed E-state index contributed by atoms with van der Waals surface area (Å²) in [7, 11) is 5.59. The van der Waals surface area contributed by atoms with Crippen molar-refractivity contribution >= 4 is 5.71 Å². The molecule has 0 spiro atoms. The van der Waals surface area contributed by atoms with E-state index in [2.05, 4.69) is 34.2 Å². The lowest BCUT2D eigenvalue weighted by Crippen LogP contribution is -2.46. The molecule has 6 nitrogen and oxygen atoms in total. The van der Waals surface area contributed by atoms with Crippen molar-refractivity contribution < 1.29 is 14.3 Å². The number of hydrogen-bond donors (Lipinski definition) is 0. The second-order valence-electron chi connectivity index (χ2n) is 7.97. The van der Waals surface area contributed by atoms with Gasteiger partial charge in [0.1, 0.15) is 6.61 Å². The highest BCUT2D eigenvalue weighted by atomic mass is 16.6. The molecule has 1 aliphatic carbocycles. The number of ether oxygens (including phenoxy) is 2. The first-order valence-electron chi connectivity index (χ1n) is 10.2. The molecule has 2 aliphatic rings. The van der Waals surface area contributed by atoms with Crippen LogP contribution < -0.4 is 9.47 Å². The first kappa shape index (κ1) is 19.7. The van der Waals surface area contributed by atoms with Crippen molar-refractivity contribution in [2.75, 3.05) is 27.8 Å². The molecule has 4 rings (SSSR count). The molecule has 6 heteroatoms. The fourth-order valence-corrected chi connectivity index (χ4v) is 4.85. The van der Waals surface area contributed by atoms with Gasteiger partial charge >= 0.3 is 0 Å². The molecule has 1 aromatic heterocycles. The van der Waals surface area contributed by atoms with Gasteiger partial charge in [0, 0.05) is 35.8 Å². The van der Waals surface area contributed by atoms with Crippen LogP contribution in [0.3, 0.4) is 0 Å². The van der Waals surface area contributed by atoms with E-state index in [1.165, 1.54) is 5.56 Å². The van der Waals surface area contributed by atoms with E-state index in [0.717, 1.165) is 55.0 Å². The Labute approximate surface area is 172 Å². The van der Waals surface area contributed by atoms with Crippen LogP contribution in [0.2, 0.25) is 0 Å². The van der Waals surface area contributed by atoms with Crippen LogP contribution in [0.15, 0.2) is 47.9 Å². The molecule has 2 heterocycles. The third kappa shape index (κ3) is 3.81. The van der Waals surface area contributed by atoms with Crippen molar-refractivity contribution in [1.29, 1.82) is 0 Å². The minimum atomic E-state index is 0.122. The van der Waals surface area contributed by atoms with E-state index in [1.807, 2.05) is 24.4 Å². The summed E-state index contributed by atoms with van der Waals surface area (Å²) in [5.74, 6) is 1.57. The van der Waals surface area contributed by atoms with Crippen molar-refractivity contribution in [3.05, 3.63) is 53.9 Å². The summed E-state index contributed by atoms with van der Waals surface area (Å²) in [5.41, 5.74) is 3.63. The highest BCUT2D eigenvalue weighted by Crippen LogP contribution is 2.49. The number of aromatic nitrogens is 1. The fourth-order valence-electron chi connectivity index (χ4n) is 4.85. The van der Waals surface area contributed by atoms with Crippen LogP contribution in [0.4, 0.5) is 0 Å². The molecular weight excluding hydrogens is 366 g/mol. The Balaban J connectivity index is 1.52. The highest BCUT2D eigenvalue weighted by Gasteiger charge is 2.50. The maximum Gasteiger partial charge on any atom is 0.161 e. The SMILES string of the molecule is COc1ccc(C23CCC(=NOCc4cccnc4)CC2N(C)CC3)cc1OC. The molecule has 1 aliphatic heterocycles. The molecule has 29 heavy (non-hydrogen) atoms. The minimum absolute atomic E-state index is 0.122. The Kier molecular flexibility index (Phi) is 5.72. The first-order chi connectivity index (χ1) is 14.2. The van der Waals surface area contributed by atoms with E-state index in [0.29, 0.717) is 12.6 Å². The average Bonchev–Trinajstić information content (AvgIpc) is 3.11. The summed E-state index contributed by atoms with van der Waals surface area (Å²) in [6, 6.07) is 10.7. The zero-order chi connectivity index (χ0) is 20.3. The number of rotatable bonds is 6. The number of methoxy groups -OCH3 is 2. The number of likely N-dealkylation sites (N-methyl/N-ethyl adjacent to an activating group) is 1. The van der Waals surface area contributed by atoms with Gasteiger partial charge in [0.2, 0.25) is 0 Å². The van der Waals surface area contributed by atoms with E-state index in [9.17, 15) is 0 Å². The van der Waals surface area contributed by atoms with Gasteiger partial charge in [-0.1, -0.05) is 17.3 Å². The second kappa shape index (κ2) is 8.41.